The molecule has 0 heterocycles. The van der Waals surface area contributed by atoms with E-state index in [0.29, 0.717) is 12.6 Å². The quantitative estimate of drug-likeness (QED) is 0.858. The average Bonchev–Trinajstić information content (AvgIpc) is 2.45. The summed E-state index contributed by atoms with van der Waals surface area (Å²) in [7, 11) is 0. The molecule has 2 N–H and O–H groups in total. The molecule has 1 aromatic rings. The Labute approximate surface area is 115 Å². The predicted molar refractivity (Wildman–Crippen MR) is 78.4 cm³/mol. The van der Waals surface area contributed by atoms with E-state index in [1.807, 2.05) is 18.2 Å². The largest absolute Gasteiger partial charge is 0.395 e. The number of hydrogen-bond acceptors (Lipinski definition) is 3. The summed E-state index contributed by atoms with van der Waals surface area (Å²) in [4.78, 5) is 2.29. The highest BCUT2D eigenvalue weighted by Crippen LogP contribution is 2.32. The standard InChI is InChI=1S/C16H25NO2/c1-13(19)15-9-5-6-10-16(15)17(11-12-18)14-7-3-2-4-8-14/h5-6,9-10,13-14,18-19H,2-4,7-8,11-12H2,1H3. The number of hydrogen-bond donors (Lipinski definition) is 2. The molecule has 3 nitrogen and oxygen atoms in total. The average molecular weight is 263 g/mol. The third kappa shape index (κ3) is 3.48. The molecule has 106 valence electrons. The summed E-state index contributed by atoms with van der Waals surface area (Å²) < 4.78 is 0. The summed E-state index contributed by atoms with van der Waals surface area (Å²) in [5.74, 6) is 0. The van der Waals surface area contributed by atoms with E-state index in [2.05, 4.69) is 11.0 Å². The summed E-state index contributed by atoms with van der Waals surface area (Å²) in [5, 5.41) is 19.3. The molecule has 1 aromatic carbocycles. The summed E-state index contributed by atoms with van der Waals surface area (Å²) in [5.41, 5.74) is 2.04. The Morgan fingerprint density at radius 1 is 1.21 bits per heavy atom. The Balaban J connectivity index is 2.27. The van der Waals surface area contributed by atoms with Gasteiger partial charge in [0.2, 0.25) is 0 Å². The van der Waals surface area contributed by atoms with Crippen LogP contribution in [0.15, 0.2) is 24.3 Å². The van der Waals surface area contributed by atoms with Crippen LogP contribution in [0.25, 0.3) is 0 Å². The third-order valence-corrected chi connectivity index (χ3v) is 4.05. The highest BCUT2D eigenvalue weighted by Gasteiger charge is 2.23. The van der Waals surface area contributed by atoms with E-state index in [1.54, 1.807) is 6.92 Å². The first kappa shape index (κ1) is 14.4. The monoisotopic (exact) mass is 263 g/mol. The van der Waals surface area contributed by atoms with Gasteiger partial charge >= 0.3 is 0 Å². The van der Waals surface area contributed by atoms with Crippen molar-refractivity contribution in [3.05, 3.63) is 29.8 Å². The van der Waals surface area contributed by atoms with Gasteiger partial charge in [-0.05, 0) is 25.8 Å². The summed E-state index contributed by atoms with van der Waals surface area (Å²) >= 11 is 0. The topological polar surface area (TPSA) is 43.7 Å². The van der Waals surface area contributed by atoms with Crippen molar-refractivity contribution in [2.45, 2.75) is 51.2 Å². The first-order valence-corrected chi connectivity index (χ1v) is 7.38. The molecular formula is C16H25NO2. The van der Waals surface area contributed by atoms with Crippen LogP contribution in [-0.4, -0.2) is 29.4 Å². The van der Waals surface area contributed by atoms with Gasteiger partial charge in [0.25, 0.3) is 0 Å². The number of benzene rings is 1. The van der Waals surface area contributed by atoms with Gasteiger partial charge in [-0.25, -0.2) is 0 Å². The first-order valence-electron chi connectivity index (χ1n) is 7.38. The van der Waals surface area contributed by atoms with Crippen LogP contribution in [-0.2, 0) is 0 Å². The lowest BCUT2D eigenvalue weighted by Gasteiger charge is -2.37. The third-order valence-electron chi connectivity index (χ3n) is 4.05. The SMILES string of the molecule is CC(O)c1ccccc1N(CCO)C1CCCCC1. The molecule has 0 spiro atoms. The van der Waals surface area contributed by atoms with E-state index < -0.39 is 6.10 Å². The van der Waals surface area contributed by atoms with Crippen LogP contribution in [0.1, 0.15) is 50.7 Å². The minimum absolute atomic E-state index is 0.157. The first-order chi connectivity index (χ1) is 9.24. The second-order valence-electron chi connectivity index (χ2n) is 5.44. The number of aliphatic hydroxyl groups excluding tert-OH is 2. The molecule has 1 unspecified atom stereocenters. The van der Waals surface area contributed by atoms with Crippen molar-refractivity contribution in [2.24, 2.45) is 0 Å². The fourth-order valence-electron chi connectivity index (χ4n) is 3.10. The number of anilines is 1. The van der Waals surface area contributed by atoms with Crippen molar-refractivity contribution in [3.63, 3.8) is 0 Å². The van der Waals surface area contributed by atoms with E-state index in [-0.39, 0.29) is 6.61 Å². The van der Waals surface area contributed by atoms with Gasteiger partial charge in [0.15, 0.2) is 0 Å². The fraction of sp³-hybridized carbons (Fsp3) is 0.625. The van der Waals surface area contributed by atoms with Gasteiger partial charge in [-0.1, -0.05) is 37.5 Å². The van der Waals surface area contributed by atoms with Crippen molar-refractivity contribution in [2.75, 3.05) is 18.1 Å². The van der Waals surface area contributed by atoms with Crippen LogP contribution in [0, 0.1) is 0 Å². The van der Waals surface area contributed by atoms with E-state index in [4.69, 9.17) is 0 Å². The molecule has 2 rings (SSSR count). The lowest BCUT2D eigenvalue weighted by Crippen LogP contribution is -2.39. The molecule has 19 heavy (non-hydrogen) atoms. The van der Waals surface area contributed by atoms with Crippen LogP contribution in [0.3, 0.4) is 0 Å². The lowest BCUT2D eigenvalue weighted by molar-refractivity contribution is 0.199. The zero-order valence-electron chi connectivity index (χ0n) is 11.8. The molecule has 0 bridgehead atoms. The molecule has 0 aromatic heterocycles. The molecule has 1 saturated carbocycles. The molecule has 1 fully saturated rings. The normalized spacial score (nSPS) is 18.3. The van der Waals surface area contributed by atoms with Crippen molar-refractivity contribution < 1.29 is 10.2 Å². The van der Waals surface area contributed by atoms with Gasteiger partial charge in [0.05, 0.1) is 12.7 Å². The van der Waals surface area contributed by atoms with Crippen LogP contribution in [0.5, 0.6) is 0 Å². The highest BCUT2D eigenvalue weighted by atomic mass is 16.3. The second-order valence-corrected chi connectivity index (χ2v) is 5.44. The lowest BCUT2D eigenvalue weighted by atomic mass is 9.93. The maximum atomic E-state index is 9.93. The Bertz CT molecular complexity index is 386. The minimum atomic E-state index is -0.471. The van der Waals surface area contributed by atoms with E-state index >= 15 is 0 Å². The zero-order valence-corrected chi connectivity index (χ0v) is 11.8. The van der Waals surface area contributed by atoms with E-state index in [1.165, 1.54) is 32.1 Å². The Hall–Kier alpha value is -1.06. The van der Waals surface area contributed by atoms with E-state index in [0.717, 1.165) is 11.3 Å². The van der Waals surface area contributed by atoms with Gasteiger partial charge in [0.1, 0.15) is 0 Å². The molecule has 1 aliphatic carbocycles. The molecule has 3 heteroatoms. The number of para-hydroxylation sites is 1. The van der Waals surface area contributed by atoms with E-state index in [9.17, 15) is 10.2 Å². The molecular weight excluding hydrogens is 238 g/mol. The molecule has 0 saturated heterocycles. The van der Waals surface area contributed by atoms with Crippen molar-refractivity contribution >= 4 is 5.69 Å². The van der Waals surface area contributed by atoms with Crippen molar-refractivity contribution in [3.8, 4) is 0 Å². The number of aliphatic hydroxyl groups is 2. The van der Waals surface area contributed by atoms with Crippen LogP contribution in [0.2, 0.25) is 0 Å². The Morgan fingerprint density at radius 2 is 1.89 bits per heavy atom. The summed E-state index contributed by atoms with van der Waals surface area (Å²) in [6, 6.07) is 8.51. The molecule has 0 amide bonds. The maximum absolute atomic E-state index is 9.93. The summed E-state index contributed by atoms with van der Waals surface area (Å²) in [6.45, 7) is 2.61. The maximum Gasteiger partial charge on any atom is 0.0781 e. The molecule has 1 aliphatic rings. The van der Waals surface area contributed by atoms with Gasteiger partial charge < -0.3 is 15.1 Å². The predicted octanol–water partition coefficient (Wildman–Crippen LogP) is 2.87. The highest BCUT2D eigenvalue weighted by molar-refractivity contribution is 5.55. The fourth-order valence-corrected chi connectivity index (χ4v) is 3.10. The molecule has 0 radical (unpaired) electrons. The van der Waals surface area contributed by atoms with Crippen molar-refractivity contribution in [1.29, 1.82) is 0 Å². The van der Waals surface area contributed by atoms with Gasteiger partial charge in [-0.15, -0.1) is 0 Å². The smallest absolute Gasteiger partial charge is 0.0781 e. The van der Waals surface area contributed by atoms with Crippen LogP contribution >= 0.6 is 0 Å². The zero-order chi connectivity index (χ0) is 13.7. The number of rotatable bonds is 5. The Kier molecular flexibility index (Phi) is 5.23. The van der Waals surface area contributed by atoms with Gasteiger partial charge in [-0.2, -0.15) is 0 Å². The second kappa shape index (κ2) is 6.92. The molecule has 1 atom stereocenters. The minimum Gasteiger partial charge on any atom is -0.395 e. The molecule has 0 aliphatic heterocycles. The van der Waals surface area contributed by atoms with Gasteiger partial charge in [-0.3, -0.25) is 0 Å². The van der Waals surface area contributed by atoms with Crippen molar-refractivity contribution in [1.82, 2.24) is 0 Å². The van der Waals surface area contributed by atoms with Crippen LogP contribution in [0.4, 0.5) is 5.69 Å². The number of nitrogens with zero attached hydrogens (tertiary/aromatic N) is 1. The summed E-state index contributed by atoms with van der Waals surface area (Å²) in [6.07, 6.45) is 5.76. The van der Waals surface area contributed by atoms with Gasteiger partial charge in [0, 0.05) is 23.8 Å². The van der Waals surface area contributed by atoms with Crippen LogP contribution < -0.4 is 4.90 Å². The Morgan fingerprint density at radius 3 is 2.53 bits per heavy atom.